The summed E-state index contributed by atoms with van der Waals surface area (Å²) in [6.07, 6.45) is 1.99. The van der Waals surface area contributed by atoms with E-state index in [9.17, 15) is 10.1 Å². The molecule has 0 radical (unpaired) electrons. The highest BCUT2D eigenvalue weighted by Crippen LogP contribution is 2.28. The third-order valence-corrected chi connectivity index (χ3v) is 3.54. The fourth-order valence-electron chi connectivity index (χ4n) is 1.58. The molecular formula is C12H19N5O3. The van der Waals surface area contributed by atoms with Crippen LogP contribution >= 0.6 is 0 Å². The molecule has 1 heterocycles. The van der Waals surface area contributed by atoms with Crippen molar-refractivity contribution >= 4 is 17.3 Å². The van der Waals surface area contributed by atoms with Crippen LogP contribution in [0.2, 0.25) is 0 Å². The van der Waals surface area contributed by atoms with Gasteiger partial charge in [0.1, 0.15) is 12.0 Å². The number of oxime groups is 1. The molecule has 0 aliphatic heterocycles. The largest absolute Gasteiger partial charge is 0.409 e. The Kier molecular flexibility index (Phi) is 4.49. The van der Waals surface area contributed by atoms with Crippen molar-refractivity contribution in [1.29, 1.82) is 0 Å². The van der Waals surface area contributed by atoms with Gasteiger partial charge in [-0.25, -0.2) is 4.98 Å². The summed E-state index contributed by atoms with van der Waals surface area (Å²) in [6, 6.07) is 1.25. The number of nitrogens with zero attached hydrogens (tertiary/aromatic N) is 4. The number of nitrogens with two attached hydrogens (primary N) is 1. The molecule has 0 atom stereocenters. The molecule has 0 saturated carbocycles. The molecule has 0 saturated heterocycles. The second-order valence-corrected chi connectivity index (χ2v) is 5.03. The lowest BCUT2D eigenvalue weighted by Gasteiger charge is -2.36. The Morgan fingerprint density at radius 2 is 2.25 bits per heavy atom. The number of aromatic nitrogens is 1. The molecule has 0 unspecified atom stereocenters. The van der Waals surface area contributed by atoms with Crippen molar-refractivity contribution < 1.29 is 10.1 Å². The number of anilines is 1. The topological polar surface area (TPSA) is 118 Å². The van der Waals surface area contributed by atoms with Gasteiger partial charge in [0, 0.05) is 18.7 Å². The summed E-state index contributed by atoms with van der Waals surface area (Å²) < 4.78 is 0. The van der Waals surface area contributed by atoms with Crippen LogP contribution in [0.5, 0.6) is 0 Å². The summed E-state index contributed by atoms with van der Waals surface area (Å²) in [5.74, 6) is 0.215. The molecule has 8 heteroatoms. The third kappa shape index (κ3) is 2.95. The van der Waals surface area contributed by atoms with Crippen LogP contribution in [0.1, 0.15) is 32.8 Å². The maximum absolute atomic E-state index is 10.8. The van der Waals surface area contributed by atoms with Crippen LogP contribution in [0, 0.1) is 10.1 Å². The van der Waals surface area contributed by atoms with Crippen LogP contribution in [0.4, 0.5) is 11.5 Å². The van der Waals surface area contributed by atoms with E-state index < -0.39 is 4.92 Å². The molecule has 1 aromatic heterocycles. The summed E-state index contributed by atoms with van der Waals surface area (Å²) in [4.78, 5) is 16.2. The molecule has 20 heavy (non-hydrogen) atoms. The van der Waals surface area contributed by atoms with Crippen LogP contribution in [0.15, 0.2) is 17.4 Å². The second-order valence-electron chi connectivity index (χ2n) is 5.03. The molecule has 0 amide bonds. The monoisotopic (exact) mass is 281 g/mol. The molecular weight excluding hydrogens is 262 g/mol. The Labute approximate surface area is 117 Å². The van der Waals surface area contributed by atoms with E-state index in [4.69, 9.17) is 10.9 Å². The van der Waals surface area contributed by atoms with E-state index >= 15 is 0 Å². The number of amidine groups is 1. The van der Waals surface area contributed by atoms with Gasteiger partial charge in [-0.05, 0) is 20.3 Å². The molecule has 0 fully saturated rings. The lowest BCUT2D eigenvalue weighted by Crippen LogP contribution is -2.42. The first-order chi connectivity index (χ1) is 9.24. The molecule has 0 spiro atoms. The van der Waals surface area contributed by atoms with Crippen molar-refractivity contribution in [3.05, 3.63) is 27.9 Å². The van der Waals surface area contributed by atoms with Gasteiger partial charge in [0.15, 0.2) is 5.84 Å². The van der Waals surface area contributed by atoms with Gasteiger partial charge in [0.2, 0.25) is 0 Å². The number of rotatable bonds is 5. The minimum absolute atomic E-state index is 0.210. The first-order valence-electron chi connectivity index (χ1n) is 6.10. The van der Waals surface area contributed by atoms with Crippen LogP contribution in [0.25, 0.3) is 0 Å². The fourth-order valence-corrected chi connectivity index (χ4v) is 1.58. The van der Waals surface area contributed by atoms with Crippen molar-refractivity contribution in [2.45, 2.75) is 32.7 Å². The summed E-state index contributed by atoms with van der Waals surface area (Å²) >= 11 is 0. The molecule has 110 valence electrons. The van der Waals surface area contributed by atoms with E-state index in [1.807, 2.05) is 32.7 Å². The maximum atomic E-state index is 10.8. The average molecular weight is 281 g/mol. The van der Waals surface area contributed by atoms with Crippen LogP contribution < -0.4 is 10.6 Å². The molecule has 8 nitrogen and oxygen atoms in total. The second kappa shape index (κ2) is 5.72. The Morgan fingerprint density at radius 3 is 2.70 bits per heavy atom. The normalized spacial score (nSPS) is 12.3. The summed E-state index contributed by atoms with van der Waals surface area (Å²) in [6.45, 7) is 6.03. The van der Waals surface area contributed by atoms with E-state index in [0.717, 1.165) is 12.6 Å². The SMILES string of the molecule is CCC(C)(C)N(C)c1ncc([N+](=O)[O-])cc1C(N)=NO. The zero-order valence-corrected chi connectivity index (χ0v) is 12.0. The molecule has 0 aromatic carbocycles. The first kappa shape index (κ1) is 15.7. The van der Waals surface area contributed by atoms with Gasteiger partial charge >= 0.3 is 0 Å². The Hall–Kier alpha value is -2.38. The Balaban J connectivity index is 3.43. The first-order valence-corrected chi connectivity index (χ1v) is 6.10. The summed E-state index contributed by atoms with van der Waals surface area (Å²) in [5, 5.41) is 22.6. The van der Waals surface area contributed by atoms with Gasteiger partial charge in [-0.15, -0.1) is 0 Å². The fraction of sp³-hybridized carbons (Fsp3) is 0.500. The summed E-state index contributed by atoms with van der Waals surface area (Å²) in [5.41, 5.74) is 5.39. The van der Waals surface area contributed by atoms with Crippen LogP contribution in [-0.4, -0.2) is 33.5 Å². The lowest BCUT2D eigenvalue weighted by atomic mass is 9.99. The van der Waals surface area contributed by atoms with Gasteiger partial charge in [-0.2, -0.15) is 0 Å². The zero-order valence-electron chi connectivity index (χ0n) is 12.0. The van der Waals surface area contributed by atoms with Crippen molar-refractivity contribution in [2.75, 3.05) is 11.9 Å². The quantitative estimate of drug-likeness (QED) is 0.279. The molecule has 1 rings (SSSR count). The van der Waals surface area contributed by atoms with Gasteiger partial charge < -0.3 is 15.8 Å². The van der Waals surface area contributed by atoms with E-state index in [2.05, 4.69) is 10.1 Å². The van der Waals surface area contributed by atoms with Gasteiger partial charge in [0.25, 0.3) is 5.69 Å². The molecule has 0 aliphatic rings. The summed E-state index contributed by atoms with van der Waals surface area (Å²) in [7, 11) is 1.81. The number of pyridine rings is 1. The highest BCUT2D eigenvalue weighted by molar-refractivity contribution is 6.02. The molecule has 0 bridgehead atoms. The Bertz CT molecular complexity index is 542. The number of hydrogen-bond donors (Lipinski definition) is 2. The third-order valence-electron chi connectivity index (χ3n) is 3.54. The highest BCUT2D eigenvalue weighted by Gasteiger charge is 2.27. The van der Waals surface area contributed by atoms with Crippen LogP contribution in [0.3, 0.4) is 0 Å². The van der Waals surface area contributed by atoms with E-state index in [1.165, 1.54) is 6.07 Å². The molecule has 0 aliphatic carbocycles. The lowest BCUT2D eigenvalue weighted by molar-refractivity contribution is -0.385. The predicted molar refractivity (Wildman–Crippen MR) is 76.2 cm³/mol. The van der Waals surface area contributed by atoms with Crippen molar-refractivity contribution in [3.8, 4) is 0 Å². The van der Waals surface area contributed by atoms with Crippen molar-refractivity contribution in [1.82, 2.24) is 4.98 Å². The van der Waals surface area contributed by atoms with Gasteiger partial charge in [-0.1, -0.05) is 12.1 Å². The predicted octanol–water partition coefficient (Wildman–Crippen LogP) is 1.71. The van der Waals surface area contributed by atoms with Gasteiger partial charge in [0.05, 0.1) is 10.5 Å². The van der Waals surface area contributed by atoms with Crippen LogP contribution in [-0.2, 0) is 0 Å². The van der Waals surface area contributed by atoms with Crippen molar-refractivity contribution in [2.24, 2.45) is 10.9 Å². The smallest absolute Gasteiger partial charge is 0.288 e. The van der Waals surface area contributed by atoms with Crippen molar-refractivity contribution in [3.63, 3.8) is 0 Å². The van der Waals surface area contributed by atoms with Gasteiger partial charge in [-0.3, -0.25) is 10.1 Å². The zero-order chi connectivity index (χ0) is 15.5. The molecule has 1 aromatic rings. The minimum atomic E-state index is -0.574. The number of hydrogen-bond acceptors (Lipinski definition) is 6. The minimum Gasteiger partial charge on any atom is -0.409 e. The van der Waals surface area contributed by atoms with E-state index in [1.54, 1.807) is 0 Å². The number of nitro groups is 1. The molecule has 3 N–H and O–H groups in total. The Morgan fingerprint density at radius 1 is 1.65 bits per heavy atom. The average Bonchev–Trinajstić information content (AvgIpc) is 2.44. The maximum Gasteiger partial charge on any atom is 0.288 e. The highest BCUT2D eigenvalue weighted by atomic mass is 16.6. The van der Waals surface area contributed by atoms with E-state index in [0.29, 0.717) is 5.82 Å². The van der Waals surface area contributed by atoms with E-state index in [-0.39, 0.29) is 22.6 Å². The standard InChI is InChI=1S/C12H19N5O3/c1-5-12(2,3)16(4)11-9(10(13)15-18)6-8(7-14-11)17(19)20/h6-7,18H,5H2,1-4H3,(H2,13,15).